The molecule has 2 aromatic carbocycles. The Kier molecular flexibility index (Phi) is 1.95. The van der Waals surface area contributed by atoms with Crippen molar-refractivity contribution in [3.63, 3.8) is 0 Å². The van der Waals surface area contributed by atoms with Gasteiger partial charge in [0.25, 0.3) is 0 Å². The Balaban J connectivity index is 2.07. The summed E-state index contributed by atoms with van der Waals surface area (Å²) in [5.41, 5.74) is 5.32. The van der Waals surface area contributed by atoms with Crippen LogP contribution in [0.15, 0.2) is 48.5 Å². The molecule has 1 aliphatic rings. The first-order chi connectivity index (χ1) is 7.43. The number of hydrogen-bond donors (Lipinski definition) is 1. The molecule has 0 unspecified atom stereocenters. The molecule has 1 heterocycles. The van der Waals surface area contributed by atoms with Crippen LogP contribution in [0.1, 0.15) is 5.56 Å². The second kappa shape index (κ2) is 3.43. The molecule has 0 aliphatic carbocycles. The molecule has 1 heteroatoms. The van der Waals surface area contributed by atoms with Crippen LogP contribution in [0.4, 0.5) is 5.69 Å². The minimum absolute atomic E-state index is 1.08. The van der Waals surface area contributed by atoms with Crippen molar-refractivity contribution in [3.8, 4) is 11.1 Å². The summed E-state index contributed by atoms with van der Waals surface area (Å²) in [5.74, 6) is 0. The summed E-state index contributed by atoms with van der Waals surface area (Å²) >= 11 is 0. The zero-order valence-electron chi connectivity index (χ0n) is 8.53. The molecule has 0 spiro atoms. The molecule has 1 nitrogen and oxygen atoms in total. The Labute approximate surface area is 89.8 Å². The first kappa shape index (κ1) is 8.54. The summed E-state index contributed by atoms with van der Waals surface area (Å²) in [7, 11) is 0. The van der Waals surface area contributed by atoms with Crippen LogP contribution in [0.2, 0.25) is 0 Å². The van der Waals surface area contributed by atoms with Crippen molar-refractivity contribution in [1.29, 1.82) is 0 Å². The Morgan fingerprint density at radius 3 is 2.60 bits per heavy atom. The van der Waals surface area contributed by atoms with E-state index in [0.29, 0.717) is 0 Å². The van der Waals surface area contributed by atoms with E-state index in [0.717, 1.165) is 13.0 Å². The van der Waals surface area contributed by atoms with Crippen molar-refractivity contribution in [2.24, 2.45) is 0 Å². The molecule has 0 atom stereocenters. The molecule has 15 heavy (non-hydrogen) atoms. The van der Waals surface area contributed by atoms with Crippen LogP contribution in [0.5, 0.6) is 0 Å². The van der Waals surface area contributed by atoms with Gasteiger partial charge in [0.1, 0.15) is 0 Å². The molecule has 74 valence electrons. The summed E-state index contributed by atoms with van der Waals surface area (Å²) in [4.78, 5) is 0. The van der Waals surface area contributed by atoms with Gasteiger partial charge in [0.05, 0.1) is 0 Å². The summed E-state index contributed by atoms with van der Waals surface area (Å²) in [6.07, 6.45) is 1.16. The maximum Gasteiger partial charge on any atom is 0.0379 e. The fourth-order valence-electron chi connectivity index (χ4n) is 2.10. The van der Waals surface area contributed by atoms with Crippen LogP contribution < -0.4 is 5.32 Å². The quantitative estimate of drug-likeness (QED) is 0.736. The van der Waals surface area contributed by atoms with Gasteiger partial charge in [0, 0.05) is 12.2 Å². The predicted molar refractivity (Wildman–Crippen MR) is 64.1 cm³/mol. The molecule has 3 rings (SSSR count). The Bertz CT molecular complexity index is 474. The second-order valence-corrected chi connectivity index (χ2v) is 3.91. The van der Waals surface area contributed by atoms with Crippen LogP contribution in [0, 0.1) is 0 Å². The summed E-state index contributed by atoms with van der Waals surface area (Å²) in [5, 5.41) is 3.41. The van der Waals surface area contributed by atoms with Crippen molar-refractivity contribution in [1.82, 2.24) is 0 Å². The zero-order valence-corrected chi connectivity index (χ0v) is 8.53. The van der Waals surface area contributed by atoms with Gasteiger partial charge in [0.2, 0.25) is 0 Å². The Hall–Kier alpha value is -1.76. The van der Waals surface area contributed by atoms with Gasteiger partial charge in [0.15, 0.2) is 0 Å². The second-order valence-electron chi connectivity index (χ2n) is 3.91. The summed E-state index contributed by atoms with van der Waals surface area (Å²) in [6.45, 7) is 1.08. The lowest BCUT2D eigenvalue weighted by Crippen LogP contribution is -1.90. The monoisotopic (exact) mass is 195 g/mol. The van der Waals surface area contributed by atoms with E-state index in [1.807, 2.05) is 0 Å². The van der Waals surface area contributed by atoms with Crippen LogP contribution in [0.3, 0.4) is 0 Å². The van der Waals surface area contributed by atoms with Gasteiger partial charge in [-0.3, -0.25) is 0 Å². The summed E-state index contributed by atoms with van der Waals surface area (Å²) in [6, 6.07) is 17.2. The third kappa shape index (κ3) is 1.50. The van der Waals surface area contributed by atoms with E-state index in [2.05, 4.69) is 53.8 Å². The SMILES string of the molecule is c1ccc(-c2ccc3c(c2)NCC3)cc1. The topological polar surface area (TPSA) is 12.0 Å². The lowest BCUT2D eigenvalue weighted by molar-refractivity contribution is 1.11. The van der Waals surface area contributed by atoms with E-state index in [1.165, 1.54) is 22.4 Å². The molecule has 1 aliphatic heterocycles. The number of nitrogens with one attached hydrogen (secondary N) is 1. The molecule has 0 bridgehead atoms. The highest BCUT2D eigenvalue weighted by molar-refractivity contribution is 5.71. The third-order valence-electron chi connectivity index (χ3n) is 2.93. The molecular weight excluding hydrogens is 182 g/mol. The molecule has 0 aromatic heterocycles. The maximum atomic E-state index is 3.41. The normalized spacial score (nSPS) is 13.3. The van der Waals surface area contributed by atoms with E-state index in [4.69, 9.17) is 0 Å². The Morgan fingerprint density at radius 2 is 1.73 bits per heavy atom. The van der Waals surface area contributed by atoms with E-state index < -0.39 is 0 Å². The largest absolute Gasteiger partial charge is 0.384 e. The molecule has 0 fully saturated rings. The third-order valence-corrected chi connectivity index (χ3v) is 2.93. The van der Waals surface area contributed by atoms with Crippen LogP contribution in [0.25, 0.3) is 11.1 Å². The van der Waals surface area contributed by atoms with Gasteiger partial charge in [-0.05, 0) is 29.2 Å². The maximum absolute atomic E-state index is 3.41. The minimum atomic E-state index is 1.08. The van der Waals surface area contributed by atoms with Crippen molar-refractivity contribution < 1.29 is 0 Å². The van der Waals surface area contributed by atoms with Gasteiger partial charge < -0.3 is 5.32 Å². The van der Waals surface area contributed by atoms with Crippen molar-refractivity contribution in [2.75, 3.05) is 11.9 Å². The van der Waals surface area contributed by atoms with Gasteiger partial charge in [-0.15, -0.1) is 0 Å². The average Bonchev–Trinajstić information content (AvgIpc) is 2.77. The van der Waals surface area contributed by atoms with Gasteiger partial charge in [-0.1, -0.05) is 42.5 Å². The molecule has 0 saturated heterocycles. The number of anilines is 1. The molecule has 1 N–H and O–H groups in total. The Morgan fingerprint density at radius 1 is 0.867 bits per heavy atom. The lowest BCUT2D eigenvalue weighted by Gasteiger charge is -2.04. The highest BCUT2D eigenvalue weighted by Crippen LogP contribution is 2.28. The first-order valence-electron chi connectivity index (χ1n) is 5.36. The van der Waals surface area contributed by atoms with Crippen LogP contribution in [-0.4, -0.2) is 6.54 Å². The lowest BCUT2D eigenvalue weighted by atomic mass is 10.0. The number of benzene rings is 2. The number of fused-ring (bicyclic) bond motifs is 1. The smallest absolute Gasteiger partial charge is 0.0379 e. The fraction of sp³-hybridized carbons (Fsp3) is 0.143. The molecular formula is C14H13N. The van der Waals surface area contributed by atoms with E-state index in [-0.39, 0.29) is 0 Å². The first-order valence-corrected chi connectivity index (χ1v) is 5.36. The van der Waals surface area contributed by atoms with Gasteiger partial charge in [-0.25, -0.2) is 0 Å². The van der Waals surface area contributed by atoms with Crippen molar-refractivity contribution in [3.05, 3.63) is 54.1 Å². The summed E-state index contributed by atoms with van der Waals surface area (Å²) < 4.78 is 0. The molecule has 0 radical (unpaired) electrons. The van der Waals surface area contributed by atoms with Crippen LogP contribution in [-0.2, 0) is 6.42 Å². The van der Waals surface area contributed by atoms with E-state index in [1.54, 1.807) is 0 Å². The minimum Gasteiger partial charge on any atom is -0.384 e. The van der Waals surface area contributed by atoms with Crippen LogP contribution >= 0.6 is 0 Å². The highest BCUT2D eigenvalue weighted by atomic mass is 14.9. The van der Waals surface area contributed by atoms with Gasteiger partial charge in [-0.2, -0.15) is 0 Å². The molecule has 0 saturated carbocycles. The van der Waals surface area contributed by atoms with E-state index in [9.17, 15) is 0 Å². The zero-order chi connectivity index (χ0) is 10.1. The number of rotatable bonds is 1. The highest BCUT2D eigenvalue weighted by Gasteiger charge is 2.09. The predicted octanol–water partition coefficient (Wildman–Crippen LogP) is 3.32. The van der Waals surface area contributed by atoms with Crippen molar-refractivity contribution >= 4 is 5.69 Å². The standard InChI is InChI=1S/C14H13N/c1-2-4-11(5-3-1)13-7-6-12-8-9-15-14(12)10-13/h1-7,10,15H,8-9H2. The van der Waals surface area contributed by atoms with Gasteiger partial charge >= 0.3 is 0 Å². The average molecular weight is 195 g/mol. The van der Waals surface area contributed by atoms with Crippen molar-refractivity contribution in [2.45, 2.75) is 6.42 Å². The number of hydrogen-bond acceptors (Lipinski definition) is 1. The molecule has 2 aromatic rings. The molecule has 0 amide bonds. The fourth-order valence-corrected chi connectivity index (χ4v) is 2.10. The van der Waals surface area contributed by atoms with E-state index >= 15 is 0 Å².